The predicted molar refractivity (Wildman–Crippen MR) is 76.8 cm³/mol. The van der Waals surface area contributed by atoms with Gasteiger partial charge in [0.15, 0.2) is 0 Å². The Balaban J connectivity index is 1.68. The zero-order chi connectivity index (χ0) is 12.4. The highest BCUT2D eigenvalue weighted by Gasteiger charge is 2.31. The van der Waals surface area contributed by atoms with Crippen LogP contribution in [-0.4, -0.2) is 6.54 Å². The van der Waals surface area contributed by atoms with Gasteiger partial charge in [-0.25, -0.2) is 0 Å². The molecule has 98 valence electrons. The van der Waals surface area contributed by atoms with Crippen LogP contribution in [0.3, 0.4) is 0 Å². The summed E-state index contributed by atoms with van der Waals surface area (Å²) in [5, 5.41) is 3.72. The van der Waals surface area contributed by atoms with Crippen molar-refractivity contribution in [3.8, 4) is 0 Å². The molecule has 1 atom stereocenters. The summed E-state index contributed by atoms with van der Waals surface area (Å²) in [6, 6.07) is 10.1. The molecule has 1 N–H and O–H groups in total. The smallest absolute Gasteiger partial charge is 0.0348 e. The summed E-state index contributed by atoms with van der Waals surface area (Å²) in [7, 11) is 0. The van der Waals surface area contributed by atoms with Crippen molar-refractivity contribution in [1.82, 2.24) is 5.32 Å². The van der Waals surface area contributed by atoms with Gasteiger partial charge in [0.05, 0.1) is 0 Å². The van der Waals surface area contributed by atoms with E-state index in [1.54, 1.807) is 5.56 Å². The van der Waals surface area contributed by atoms with Crippen molar-refractivity contribution in [3.63, 3.8) is 0 Å². The van der Waals surface area contributed by atoms with Crippen molar-refractivity contribution >= 4 is 0 Å². The van der Waals surface area contributed by atoms with Gasteiger partial charge in [-0.15, -0.1) is 0 Å². The Morgan fingerprint density at radius 2 is 1.83 bits per heavy atom. The third-order valence-electron chi connectivity index (χ3n) is 4.58. The van der Waals surface area contributed by atoms with Crippen LogP contribution in [0.5, 0.6) is 0 Å². The lowest BCUT2D eigenvalue weighted by molar-refractivity contribution is 0.419. The minimum Gasteiger partial charge on any atom is -0.310 e. The second-order valence-corrected chi connectivity index (χ2v) is 6.06. The summed E-state index contributed by atoms with van der Waals surface area (Å²) in [6.45, 7) is 3.39. The fraction of sp³-hybridized carbons (Fsp3) is 0.647. The first-order chi connectivity index (χ1) is 8.88. The maximum Gasteiger partial charge on any atom is 0.0348 e. The highest BCUT2D eigenvalue weighted by molar-refractivity contribution is 5.29. The van der Waals surface area contributed by atoms with Crippen LogP contribution in [-0.2, 0) is 0 Å². The van der Waals surface area contributed by atoms with E-state index in [1.807, 2.05) is 0 Å². The quantitative estimate of drug-likeness (QED) is 0.780. The summed E-state index contributed by atoms with van der Waals surface area (Å²) in [4.78, 5) is 0. The van der Waals surface area contributed by atoms with E-state index < -0.39 is 0 Å². The molecule has 0 aromatic heterocycles. The van der Waals surface area contributed by atoms with Gasteiger partial charge in [0.2, 0.25) is 0 Å². The highest BCUT2D eigenvalue weighted by atomic mass is 14.9. The minimum atomic E-state index is 0.611. The molecule has 2 aliphatic carbocycles. The van der Waals surface area contributed by atoms with Crippen LogP contribution in [0.15, 0.2) is 24.3 Å². The molecule has 0 amide bonds. The molecule has 0 spiro atoms. The fourth-order valence-corrected chi connectivity index (χ4v) is 3.00. The van der Waals surface area contributed by atoms with Crippen LogP contribution in [0.25, 0.3) is 0 Å². The van der Waals surface area contributed by atoms with Crippen molar-refractivity contribution in [2.75, 3.05) is 6.54 Å². The SMILES string of the molecule is CCCNC(c1ccc(C2CCC2)cc1)C1CC1. The highest BCUT2D eigenvalue weighted by Crippen LogP contribution is 2.42. The molecule has 2 fully saturated rings. The van der Waals surface area contributed by atoms with Gasteiger partial charge in [0.25, 0.3) is 0 Å². The number of nitrogens with one attached hydrogen (secondary N) is 1. The second kappa shape index (κ2) is 5.44. The molecule has 1 nitrogen and oxygen atoms in total. The van der Waals surface area contributed by atoms with E-state index in [4.69, 9.17) is 0 Å². The Morgan fingerprint density at radius 3 is 2.33 bits per heavy atom. The topological polar surface area (TPSA) is 12.0 Å². The molecule has 3 rings (SSSR count). The summed E-state index contributed by atoms with van der Waals surface area (Å²) in [5.41, 5.74) is 3.07. The summed E-state index contributed by atoms with van der Waals surface area (Å²) in [5.74, 6) is 1.76. The second-order valence-electron chi connectivity index (χ2n) is 6.06. The van der Waals surface area contributed by atoms with Gasteiger partial charge >= 0.3 is 0 Å². The van der Waals surface area contributed by atoms with Gasteiger partial charge < -0.3 is 5.32 Å². The molecule has 1 aromatic carbocycles. The van der Waals surface area contributed by atoms with Crippen LogP contribution in [0.4, 0.5) is 0 Å². The van der Waals surface area contributed by atoms with Crippen LogP contribution in [0, 0.1) is 5.92 Å². The maximum atomic E-state index is 3.72. The molecule has 0 bridgehead atoms. The summed E-state index contributed by atoms with van der Waals surface area (Å²) in [6.07, 6.45) is 8.27. The van der Waals surface area contributed by atoms with Crippen LogP contribution < -0.4 is 5.32 Å². The minimum absolute atomic E-state index is 0.611. The standard InChI is InChI=1S/C17H25N/c1-2-12-18-17(16-10-11-16)15-8-6-14(7-9-15)13-4-3-5-13/h6-9,13,16-18H,2-5,10-12H2,1H3. The Bertz CT molecular complexity index is 373. The Kier molecular flexibility index (Phi) is 3.69. The van der Waals surface area contributed by atoms with Gasteiger partial charge in [-0.3, -0.25) is 0 Å². The molecule has 18 heavy (non-hydrogen) atoms. The van der Waals surface area contributed by atoms with Gasteiger partial charge in [-0.2, -0.15) is 0 Å². The number of hydrogen-bond acceptors (Lipinski definition) is 1. The Labute approximate surface area is 111 Å². The molecule has 1 aromatic rings. The van der Waals surface area contributed by atoms with Crippen LogP contribution >= 0.6 is 0 Å². The molecule has 1 unspecified atom stereocenters. The van der Waals surface area contributed by atoms with Gasteiger partial charge in [-0.05, 0) is 61.6 Å². The van der Waals surface area contributed by atoms with E-state index in [-0.39, 0.29) is 0 Å². The van der Waals surface area contributed by atoms with Crippen molar-refractivity contribution < 1.29 is 0 Å². The van der Waals surface area contributed by atoms with Gasteiger partial charge in [0.1, 0.15) is 0 Å². The average molecular weight is 243 g/mol. The molecular weight excluding hydrogens is 218 g/mol. The first kappa shape index (κ1) is 12.2. The van der Waals surface area contributed by atoms with E-state index in [1.165, 1.54) is 44.1 Å². The van der Waals surface area contributed by atoms with E-state index in [0.29, 0.717) is 6.04 Å². The normalized spacial score (nSPS) is 21.6. The summed E-state index contributed by atoms with van der Waals surface area (Å²) < 4.78 is 0. The molecule has 2 aliphatic rings. The van der Waals surface area contributed by atoms with Gasteiger partial charge in [-0.1, -0.05) is 37.6 Å². The molecule has 0 saturated heterocycles. The zero-order valence-corrected chi connectivity index (χ0v) is 11.5. The lowest BCUT2D eigenvalue weighted by Crippen LogP contribution is -2.23. The molecule has 2 saturated carbocycles. The Hall–Kier alpha value is -0.820. The van der Waals surface area contributed by atoms with Crippen molar-refractivity contribution in [3.05, 3.63) is 35.4 Å². The molecule has 1 heteroatoms. The zero-order valence-electron chi connectivity index (χ0n) is 11.5. The van der Waals surface area contributed by atoms with Crippen LogP contribution in [0.1, 0.15) is 68.5 Å². The fourth-order valence-electron chi connectivity index (χ4n) is 3.00. The van der Waals surface area contributed by atoms with Gasteiger partial charge in [0, 0.05) is 6.04 Å². The first-order valence-corrected chi connectivity index (χ1v) is 7.71. The lowest BCUT2D eigenvalue weighted by atomic mass is 9.80. The predicted octanol–water partition coefficient (Wildman–Crippen LogP) is 4.40. The maximum absolute atomic E-state index is 3.72. The first-order valence-electron chi connectivity index (χ1n) is 7.71. The van der Waals surface area contributed by atoms with Crippen molar-refractivity contribution in [2.24, 2.45) is 5.92 Å². The number of benzene rings is 1. The molecule has 0 radical (unpaired) electrons. The van der Waals surface area contributed by atoms with E-state index in [0.717, 1.165) is 18.4 Å². The monoisotopic (exact) mass is 243 g/mol. The number of rotatable bonds is 6. The van der Waals surface area contributed by atoms with Crippen LogP contribution in [0.2, 0.25) is 0 Å². The molecule has 0 aliphatic heterocycles. The third kappa shape index (κ3) is 2.61. The van der Waals surface area contributed by atoms with E-state index >= 15 is 0 Å². The number of hydrogen-bond donors (Lipinski definition) is 1. The third-order valence-corrected chi connectivity index (χ3v) is 4.58. The average Bonchev–Trinajstić information content (AvgIpc) is 3.14. The van der Waals surface area contributed by atoms with E-state index in [9.17, 15) is 0 Å². The summed E-state index contributed by atoms with van der Waals surface area (Å²) >= 11 is 0. The Morgan fingerprint density at radius 1 is 1.11 bits per heavy atom. The van der Waals surface area contributed by atoms with E-state index in [2.05, 4.69) is 36.5 Å². The van der Waals surface area contributed by atoms with Crippen molar-refractivity contribution in [2.45, 2.75) is 57.4 Å². The molecular formula is C17H25N. The lowest BCUT2D eigenvalue weighted by Gasteiger charge is -2.26. The molecule has 0 heterocycles. The largest absolute Gasteiger partial charge is 0.310 e. The van der Waals surface area contributed by atoms with Crippen molar-refractivity contribution in [1.29, 1.82) is 0 Å².